The van der Waals surface area contributed by atoms with Crippen molar-refractivity contribution in [3.63, 3.8) is 0 Å². The maximum Gasteiger partial charge on any atom is 0.115 e. The molecule has 0 aliphatic rings. The fourth-order valence-corrected chi connectivity index (χ4v) is 0.652. The summed E-state index contributed by atoms with van der Waals surface area (Å²) < 4.78 is 0. The Hall–Kier alpha value is -1.06. The number of nitrogens with two attached hydrogens (primary N) is 1. The zero-order valence-corrected chi connectivity index (χ0v) is 8.27. The smallest absolute Gasteiger partial charge is 0.115 e. The summed E-state index contributed by atoms with van der Waals surface area (Å²) in [4.78, 5) is 0. The molecule has 0 radical (unpaired) electrons. The number of rotatable bonds is 2. The predicted octanol–water partition coefficient (Wildman–Crippen LogP) is 1.59. The van der Waals surface area contributed by atoms with E-state index in [0.29, 0.717) is 5.75 Å². The minimum absolute atomic E-state index is 0.322. The number of phenolic OH excluding ortho intramolecular Hbond substituents is 1. The summed E-state index contributed by atoms with van der Waals surface area (Å²) in [5.41, 5.74) is 0. The van der Waals surface area contributed by atoms with Gasteiger partial charge in [-0.1, -0.05) is 32.0 Å². The fourth-order valence-electron chi connectivity index (χ4n) is 0.652. The molecule has 0 amide bonds. The van der Waals surface area contributed by atoms with Crippen molar-refractivity contribution < 1.29 is 5.11 Å². The van der Waals surface area contributed by atoms with Crippen molar-refractivity contribution in [1.29, 1.82) is 0 Å². The van der Waals surface area contributed by atoms with Crippen LogP contribution in [0.3, 0.4) is 0 Å². The molecule has 3 N–H and O–H groups in total. The normalized spacial score (nSPS) is 9.23. The van der Waals surface area contributed by atoms with Gasteiger partial charge in [0.2, 0.25) is 0 Å². The van der Waals surface area contributed by atoms with Crippen LogP contribution in [0.15, 0.2) is 30.3 Å². The van der Waals surface area contributed by atoms with E-state index in [-0.39, 0.29) is 0 Å². The van der Waals surface area contributed by atoms with Gasteiger partial charge >= 0.3 is 0 Å². The average molecular weight is 182 g/mol. The summed E-state index contributed by atoms with van der Waals surface area (Å²) >= 11 is 0. The highest BCUT2D eigenvalue weighted by Crippen LogP contribution is 2.02. The summed E-state index contributed by atoms with van der Waals surface area (Å²) in [5, 5.41) is 10.4. The van der Waals surface area contributed by atoms with E-state index in [1.807, 2.05) is 19.9 Å². The van der Waals surface area contributed by atoms with Crippen molar-refractivity contribution in [2.75, 3.05) is 13.1 Å². The van der Waals surface area contributed by atoms with Gasteiger partial charge in [-0.15, -0.1) is 0 Å². The first-order valence-electron chi connectivity index (χ1n) is 4.44. The van der Waals surface area contributed by atoms with Crippen LogP contribution in [0, 0.1) is 0 Å². The lowest BCUT2D eigenvalue weighted by Gasteiger charge is -2.07. The highest BCUT2D eigenvalue weighted by atomic mass is 16.3. The second kappa shape index (κ2) is 7.58. The molecule has 0 bridgehead atoms. The molecule has 1 rings (SSSR count). The van der Waals surface area contributed by atoms with Gasteiger partial charge in [-0.2, -0.15) is 0 Å². The number of hydrazine groups is 1. The molecule has 1 aromatic carbocycles. The minimum Gasteiger partial charge on any atom is -0.508 e. The third kappa shape index (κ3) is 7.31. The predicted molar refractivity (Wildman–Crippen MR) is 55.2 cm³/mol. The number of nitrogens with zero attached hydrogens (tertiary/aromatic N) is 1. The van der Waals surface area contributed by atoms with Gasteiger partial charge in [-0.05, 0) is 12.1 Å². The van der Waals surface area contributed by atoms with Crippen LogP contribution in [0.1, 0.15) is 13.8 Å². The number of hydrogen-bond donors (Lipinski definition) is 2. The van der Waals surface area contributed by atoms with E-state index in [4.69, 9.17) is 10.9 Å². The second-order valence-corrected chi connectivity index (χ2v) is 2.56. The van der Waals surface area contributed by atoms with Crippen LogP contribution in [-0.2, 0) is 0 Å². The maximum atomic E-state index is 8.63. The summed E-state index contributed by atoms with van der Waals surface area (Å²) in [7, 11) is 0. The fraction of sp³-hybridized carbons (Fsp3) is 0.400. The molecule has 0 saturated heterocycles. The standard InChI is InChI=1S/C6H6O.C4H12N2/c7-6-4-2-1-3-5-6;1-3-6(5)4-2/h1-5,7H;3-5H2,1-2H3. The van der Waals surface area contributed by atoms with Crippen LogP contribution in [0.4, 0.5) is 0 Å². The number of benzene rings is 1. The highest BCUT2D eigenvalue weighted by molar-refractivity contribution is 5.18. The van der Waals surface area contributed by atoms with E-state index in [1.54, 1.807) is 29.3 Å². The van der Waals surface area contributed by atoms with E-state index in [9.17, 15) is 0 Å². The summed E-state index contributed by atoms with van der Waals surface area (Å²) in [6, 6.07) is 8.71. The molecule has 0 unspecified atom stereocenters. The van der Waals surface area contributed by atoms with Crippen LogP contribution < -0.4 is 5.84 Å². The van der Waals surface area contributed by atoms with Crippen molar-refractivity contribution >= 4 is 0 Å². The Morgan fingerprint density at radius 1 is 1.15 bits per heavy atom. The van der Waals surface area contributed by atoms with Gasteiger partial charge in [-0.3, -0.25) is 5.84 Å². The summed E-state index contributed by atoms with van der Waals surface area (Å²) in [6.07, 6.45) is 0. The Bertz CT molecular complexity index is 197. The SMILES string of the molecule is CCN(N)CC.Oc1ccccc1. The van der Waals surface area contributed by atoms with Crippen LogP contribution >= 0.6 is 0 Å². The molecule has 3 nitrogen and oxygen atoms in total. The Labute approximate surface area is 79.8 Å². The molecular weight excluding hydrogens is 164 g/mol. The van der Waals surface area contributed by atoms with E-state index in [2.05, 4.69) is 0 Å². The third-order valence-electron chi connectivity index (χ3n) is 1.57. The molecule has 74 valence electrons. The zero-order chi connectivity index (χ0) is 10.1. The van der Waals surface area contributed by atoms with Gasteiger partial charge in [0.25, 0.3) is 0 Å². The topological polar surface area (TPSA) is 49.5 Å². The largest absolute Gasteiger partial charge is 0.508 e. The molecule has 0 fully saturated rings. The lowest BCUT2D eigenvalue weighted by Crippen LogP contribution is -2.29. The highest BCUT2D eigenvalue weighted by Gasteiger charge is 1.82. The first kappa shape index (κ1) is 11.9. The van der Waals surface area contributed by atoms with Crippen molar-refractivity contribution in [3.05, 3.63) is 30.3 Å². The van der Waals surface area contributed by atoms with Crippen LogP contribution in [-0.4, -0.2) is 23.2 Å². The Morgan fingerprint density at radius 3 is 1.77 bits per heavy atom. The van der Waals surface area contributed by atoms with Gasteiger partial charge in [0.1, 0.15) is 5.75 Å². The van der Waals surface area contributed by atoms with Crippen molar-refractivity contribution in [2.45, 2.75) is 13.8 Å². The molecule has 3 heteroatoms. The lowest BCUT2D eigenvalue weighted by atomic mass is 10.3. The Balaban J connectivity index is 0.000000226. The van der Waals surface area contributed by atoms with Crippen molar-refractivity contribution in [3.8, 4) is 5.75 Å². The maximum absolute atomic E-state index is 8.63. The molecule has 0 heterocycles. The Kier molecular flexibility index (Phi) is 6.96. The van der Waals surface area contributed by atoms with Gasteiger partial charge in [0.05, 0.1) is 0 Å². The molecule has 0 aliphatic carbocycles. The van der Waals surface area contributed by atoms with Crippen LogP contribution in [0.2, 0.25) is 0 Å². The number of aromatic hydroxyl groups is 1. The van der Waals surface area contributed by atoms with Gasteiger partial charge < -0.3 is 5.11 Å². The Morgan fingerprint density at radius 2 is 1.62 bits per heavy atom. The lowest BCUT2D eigenvalue weighted by molar-refractivity contribution is 0.316. The molecule has 0 saturated carbocycles. The van der Waals surface area contributed by atoms with Crippen molar-refractivity contribution in [1.82, 2.24) is 5.01 Å². The molecule has 1 aromatic rings. The molecule has 13 heavy (non-hydrogen) atoms. The van der Waals surface area contributed by atoms with Crippen LogP contribution in [0.25, 0.3) is 0 Å². The molecule has 0 spiro atoms. The van der Waals surface area contributed by atoms with Gasteiger partial charge in [0.15, 0.2) is 0 Å². The van der Waals surface area contributed by atoms with Crippen LogP contribution in [0.5, 0.6) is 5.75 Å². The first-order chi connectivity index (χ1) is 6.20. The number of para-hydroxylation sites is 1. The van der Waals surface area contributed by atoms with Gasteiger partial charge in [-0.25, -0.2) is 5.01 Å². The summed E-state index contributed by atoms with van der Waals surface area (Å²) in [6.45, 7) is 5.94. The van der Waals surface area contributed by atoms with E-state index in [1.165, 1.54) is 0 Å². The number of phenols is 1. The van der Waals surface area contributed by atoms with E-state index < -0.39 is 0 Å². The molecule has 0 aliphatic heterocycles. The van der Waals surface area contributed by atoms with E-state index >= 15 is 0 Å². The van der Waals surface area contributed by atoms with E-state index in [0.717, 1.165) is 13.1 Å². The van der Waals surface area contributed by atoms with Gasteiger partial charge in [0, 0.05) is 13.1 Å². The molecular formula is C10H18N2O. The summed E-state index contributed by atoms with van der Waals surface area (Å²) in [5.74, 6) is 5.63. The van der Waals surface area contributed by atoms with Crippen molar-refractivity contribution in [2.24, 2.45) is 5.84 Å². The monoisotopic (exact) mass is 182 g/mol. The molecule has 0 aromatic heterocycles. The third-order valence-corrected chi connectivity index (χ3v) is 1.57. The first-order valence-corrected chi connectivity index (χ1v) is 4.44. The second-order valence-electron chi connectivity index (χ2n) is 2.56. The quantitative estimate of drug-likeness (QED) is 0.539. The average Bonchev–Trinajstić information content (AvgIpc) is 2.19. The molecule has 0 atom stereocenters. The zero-order valence-electron chi connectivity index (χ0n) is 8.27. The number of hydrogen-bond acceptors (Lipinski definition) is 3. The minimum atomic E-state index is 0.322.